The molecule has 222 valence electrons. The van der Waals surface area contributed by atoms with Gasteiger partial charge in [0.05, 0.1) is 57.2 Å². The lowest BCUT2D eigenvalue weighted by atomic mass is 10.1. The highest BCUT2D eigenvalue weighted by molar-refractivity contribution is 6.08. The van der Waals surface area contributed by atoms with Crippen molar-refractivity contribution in [1.82, 2.24) is 5.43 Å². The Labute approximate surface area is 247 Å². The van der Waals surface area contributed by atoms with Crippen LogP contribution in [0.3, 0.4) is 0 Å². The minimum absolute atomic E-state index is 0.107. The van der Waals surface area contributed by atoms with Crippen molar-refractivity contribution < 1.29 is 42.5 Å². The molecule has 1 aromatic heterocycles. The van der Waals surface area contributed by atoms with Crippen molar-refractivity contribution in [2.24, 2.45) is 5.10 Å². The van der Waals surface area contributed by atoms with Gasteiger partial charge in [0, 0.05) is 0 Å². The summed E-state index contributed by atoms with van der Waals surface area (Å²) in [5.74, 6) is -0.217. The first-order chi connectivity index (χ1) is 20.9. The van der Waals surface area contributed by atoms with Crippen LogP contribution in [0.15, 0.2) is 82.5 Å². The second-order valence-electron chi connectivity index (χ2n) is 8.62. The SMILES string of the molecule is CCOc1cc(/C=N\NC(=O)c2ccccc2NC(=O)c2ccco2)ccc1OC(=O)c1cc(OC)c(OC)c(OC)c1. The van der Waals surface area contributed by atoms with Gasteiger partial charge in [-0.3, -0.25) is 9.59 Å². The molecular weight excluding hydrogens is 558 g/mol. The molecule has 0 bridgehead atoms. The van der Waals surface area contributed by atoms with Gasteiger partial charge in [-0.25, -0.2) is 10.2 Å². The molecule has 4 aromatic rings. The van der Waals surface area contributed by atoms with Gasteiger partial charge in [0.25, 0.3) is 11.8 Å². The van der Waals surface area contributed by atoms with Crippen LogP contribution in [-0.2, 0) is 0 Å². The van der Waals surface area contributed by atoms with Gasteiger partial charge in [0.2, 0.25) is 5.75 Å². The maximum Gasteiger partial charge on any atom is 0.343 e. The van der Waals surface area contributed by atoms with Crippen LogP contribution in [0.4, 0.5) is 5.69 Å². The number of nitrogens with zero attached hydrogens (tertiary/aromatic N) is 1. The van der Waals surface area contributed by atoms with E-state index in [1.54, 1.807) is 55.5 Å². The third-order valence-corrected chi connectivity index (χ3v) is 5.92. The highest BCUT2D eigenvalue weighted by Gasteiger charge is 2.20. The number of hydrogen-bond donors (Lipinski definition) is 2. The van der Waals surface area contributed by atoms with E-state index in [0.29, 0.717) is 29.4 Å². The van der Waals surface area contributed by atoms with Gasteiger partial charge in [-0.15, -0.1) is 0 Å². The summed E-state index contributed by atoms with van der Waals surface area (Å²) in [6.45, 7) is 2.08. The van der Waals surface area contributed by atoms with Crippen LogP contribution in [0, 0.1) is 0 Å². The van der Waals surface area contributed by atoms with Gasteiger partial charge in [-0.1, -0.05) is 12.1 Å². The first-order valence-electron chi connectivity index (χ1n) is 12.9. The molecule has 0 aliphatic carbocycles. The Kier molecular flexibility index (Phi) is 9.98. The van der Waals surface area contributed by atoms with E-state index >= 15 is 0 Å². The number of amides is 2. The molecule has 43 heavy (non-hydrogen) atoms. The summed E-state index contributed by atoms with van der Waals surface area (Å²) in [6.07, 6.45) is 2.78. The number of ether oxygens (including phenoxy) is 5. The summed E-state index contributed by atoms with van der Waals surface area (Å²) in [4.78, 5) is 38.2. The standard InChI is InChI=1S/C31H29N3O9/c1-5-41-25-15-19(12-13-23(25)43-31(37)20-16-26(38-2)28(40-4)27(17-20)39-3)18-32-34-29(35)21-9-6-7-10-22(21)33-30(36)24-11-8-14-42-24/h6-18H,5H2,1-4H3,(H,33,36)(H,34,35)/b32-18-. The van der Waals surface area contributed by atoms with E-state index < -0.39 is 17.8 Å². The van der Waals surface area contributed by atoms with Crippen molar-refractivity contribution >= 4 is 29.7 Å². The number of nitrogens with one attached hydrogen (secondary N) is 2. The summed E-state index contributed by atoms with van der Waals surface area (Å²) in [6, 6.07) is 17.3. The zero-order chi connectivity index (χ0) is 30.8. The molecule has 4 rings (SSSR count). The molecule has 3 aromatic carbocycles. The molecule has 0 saturated heterocycles. The van der Waals surface area contributed by atoms with Crippen molar-refractivity contribution in [2.75, 3.05) is 33.3 Å². The average Bonchev–Trinajstić information content (AvgIpc) is 3.57. The molecule has 0 saturated carbocycles. The summed E-state index contributed by atoms with van der Waals surface area (Å²) in [7, 11) is 4.36. The minimum atomic E-state index is -0.674. The van der Waals surface area contributed by atoms with E-state index in [4.69, 9.17) is 28.1 Å². The predicted octanol–water partition coefficient (Wildman–Crippen LogP) is 4.94. The number of para-hydroxylation sites is 1. The maximum atomic E-state index is 13.0. The fourth-order valence-electron chi connectivity index (χ4n) is 3.92. The predicted molar refractivity (Wildman–Crippen MR) is 157 cm³/mol. The Morgan fingerprint density at radius 1 is 0.837 bits per heavy atom. The van der Waals surface area contributed by atoms with Gasteiger partial charge >= 0.3 is 5.97 Å². The lowest BCUT2D eigenvalue weighted by molar-refractivity contribution is 0.0727. The molecule has 0 radical (unpaired) electrons. The number of rotatable bonds is 12. The van der Waals surface area contributed by atoms with Crippen LogP contribution in [-0.4, -0.2) is 51.9 Å². The van der Waals surface area contributed by atoms with Crippen LogP contribution >= 0.6 is 0 Å². The highest BCUT2D eigenvalue weighted by atomic mass is 16.6. The van der Waals surface area contributed by atoms with Gasteiger partial charge in [-0.2, -0.15) is 5.10 Å². The quantitative estimate of drug-likeness (QED) is 0.102. The molecule has 0 aliphatic heterocycles. The fraction of sp³-hybridized carbons (Fsp3) is 0.161. The van der Waals surface area contributed by atoms with Crippen molar-refractivity contribution in [3.63, 3.8) is 0 Å². The first kappa shape index (κ1) is 30.2. The number of hydrazone groups is 1. The van der Waals surface area contributed by atoms with Crippen molar-refractivity contribution in [3.05, 3.63) is 95.4 Å². The third-order valence-electron chi connectivity index (χ3n) is 5.92. The fourth-order valence-corrected chi connectivity index (χ4v) is 3.92. The number of hydrogen-bond acceptors (Lipinski definition) is 10. The number of anilines is 1. The summed E-state index contributed by atoms with van der Waals surface area (Å²) < 4.78 is 32.3. The zero-order valence-electron chi connectivity index (χ0n) is 23.8. The van der Waals surface area contributed by atoms with Gasteiger partial charge in [0.15, 0.2) is 28.8 Å². The van der Waals surface area contributed by atoms with Crippen LogP contribution in [0.25, 0.3) is 0 Å². The van der Waals surface area contributed by atoms with Gasteiger partial charge < -0.3 is 33.4 Å². The number of furan rings is 1. The Morgan fingerprint density at radius 2 is 1.58 bits per heavy atom. The number of carbonyl (C=O) groups excluding carboxylic acids is 3. The average molecular weight is 588 g/mol. The summed E-state index contributed by atoms with van der Waals surface area (Å²) in [5, 5.41) is 6.68. The zero-order valence-corrected chi connectivity index (χ0v) is 23.8. The van der Waals surface area contributed by atoms with Crippen LogP contribution < -0.4 is 34.4 Å². The monoisotopic (exact) mass is 587 g/mol. The highest BCUT2D eigenvalue weighted by Crippen LogP contribution is 2.39. The Balaban J connectivity index is 1.47. The number of benzene rings is 3. The van der Waals surface area contributed by atoms with E-state index in [1.807, 2.05) is 0 Å². The Hall–Kier alpha value is -5.78. The van der Waals surface area contributed by atoms with Crippen molar-refractivity contribution in [1.29, 1.82) is 0 Å². The van der Waals surface area contributed by atoms with E-state index in [0.717, 1.165) is 0 Å². The largest absolute Gasteiger partial charge is 0.493 e. The summed E-state index contributed by atoms with van der Waals surface area (Å²) in [5.41, 5.74) is 3.65. The molecule has 0 fully saturated rings. The number of esters is 1. The van der Waals surface area contributed by atoms with Crippen molar-refractivity contribution in [3.8, 4) is 28.7 Å². The van der Waals surface area contributed by atoms with Crippen LogP contribution in [0.5, 0.6) is 28.7 Å². The smallest absolute Gasteiger partial charge is 0.343 e. The van der Waals surface area contributed by atoms with E-state index in [1.165, 1.54) is 52.0 Å². The molecule has 0 spiro atoms. The molecule has 12 heteroatoms. The lowest BCUT2D eigenvalue weighted by Crippen LogP contribution is -2.21. The number of methoxy groups -OCH3 is 3. The second-order valence-corrected chi connectivity index (χ2v) is 8.62. The molecule has 2 amide bonds. The lowest BCUT2D eigenvalue weighted by Gasteiger charge is -2.15. The maximum absolute atomic E-state index is 13.0. The molecule has 0 unspecified atom stereocenters. The minimum Gasteiger partial charge on any atom is -0.493 e. The second kappa shape index (κ2) is 14.2. The molecule has 12 nitrogen and oxygen atoms in total. The van der Waals surface area contributed by atoms with Gasteiger partial charge in [0.1, 0.15) is 0 Å². The normalized spacial score (nSPS) is 10.6. The van der Waals surface area contributed by atoms with E-state index in [2.05, 4.69) is 15.8 Å². The van der Waals surface area contributed by atoms with Crippen LogP contribution in [0.1, 0.15) is 43.8 Å². The van der Waals surface area contributed by atoms with Crippen molar-refractivity contribution in [2.45, 2.75) is 6.92 Å². The van der Waals surface area contributed by atoms with Gasteiger partial charge in [-0.05, 0) is 67.1 Å². The van der Waals surface area contributed by atoms with E-state index in [-0.39, 0.29) is 34.1 Å². The third kappa shape index (κ3) is 7.30. The Morgan fingerprint density at radius 3 is 2.23 bits per heavy atom. The molecular formula is C31H29N3O9. The summed E-state index contributed by atoms with van der Waals surface area (Å²) >= 11 is 0. The first-order valence-corrected chi connectivity index (χ1v) is 12.9. The van der Waals surface area contributed by atoms with Crippen LogP contribution in [0.2, 0.25) is 0 Å². The topological polar surface area (TPSA) is 147 Å². The Bertz CT molecular complexity index is 1610. The molecule has 1 heterocycles. The van der Waals surface area contributed by atoms with E-state index in [9.17, 15) is 14.4 Å². The molecule has 0 aliphatic rings. The molecule has 2 N–H and O–H groups in total. The molecule has 0 atom stereocenters. The number of carbonyl (C=O) groups is 3.